The van der Waals surface area contributed by atoms with E-state index in [1.54, 1.807) is 41.4 Å². The summed E-state index contributed by atoms with van der Waals surface area (Å²) in [5, 5.41) is 21.0. The Kier molecular flexibility index (Phi) is 8.07. The summed E-state index contributed by atoms with van der Waals surface area (Å²) in [6.07, 6.45) is 1.53. The molecule has 3 rings (SSSR count). The van der Waals surface area contributed by atoms with Gasteiger partial charge in [-0.25, -0.2) is 9.59 Å². The normalized spacial score (nSPS) is 12.7. The van der Waals surface area contributed by atoms with Crippen LogP contribution in [0.15, 0.2) is 24.3 Å². The average Bonchev–Trinajstić information content (AvgIpc) is 3.16. The van der Waals surface area contributed by atoms with Gasteiger partial charge in [0.15, 0.2) is 24.7 Å². The van der Waals surface area contributed by atoms with Gasteiger partial charge in [-0.1, -0.05) is 6.07 Å². The fourth-order valence-corrected chi connectivity index (χ4v) is 4.62. The van der Waals surface area contributed by atoms with Crippen LogP contribution in [0.4, 0.5) is 0 Å². The number of carbonyl (C=O) groups excluding carboxylic acids is 1. The molecule has 0 unspecified atom stereocenters. The number of hydrogen-bond donors (Lipinski definition) is 3. The van der Waals surface area contributed by atoms with Crippen LogP contribution in [0.2, 0.25) is 0 Å². The van der Waals surface area contributed by atoms with Crippen molar-refractivity contribution in [1.29, 1.82) is 0 Å². The van der Waals surface area contributed by atoms with Crippen molar-refractivity contribution in [2.75, 3.05) is 26.3 Å². The quantitative estimate of drug-likeness (QED) is 0.462. The number of nitrogens with zero attached hydrogens (tertiary/aromatic N) is 1. The Labute approximate surface area is 189 Å². The summed E-state index contributed by atoms with van der Waals surface area (Å²) in [6.45, 7) is 3.24. The molecule has 2 heterocycles. The van der Waals surface area contributed by atoms with Crippen molar-refractivity contribution in [1.82, 2.24) is 10.2 Å². The predicted octanol–water partition coefficient (Wildman–Crippen LogP) is 1.91. The minimum Gasteiger partial charge on any atom is -0.479 e. The van der Waals surface area contributed by atoms with Crippen LogP contribution >= 0.6 is 11.3 Å². The van der Waals surface area contributed by atoms with Gasteiger partial charge in [-0.15, -0.1) is 11.3 Å². The van der Waals surface area contributed by atoms with Crippen LogP contribution in [0.1, 0.15) is 27.8 Å². The molecule has 0 saturated heterocycles. The smallest absolute Gasteiger partial charge is 0.341 e. The minimum atomic E-state index is -1.16. The molecule has 0 atom stereocenters. The first-order valence-electron chi connectivity index (χ1n) is 10.2. The van der Waals surface area contributed by atoms with E-state index in [-0.39, 0.29) is 17.4 Å². The highest BCUT2D eigenvalue weighted by molar-refractivity contribution is 7.12. The maximum absolute atomic E-state index is 12.2. The maximum atomic E-state index is 12.2. The van der Waals surface area contributed by atoms with Crippen LogP contribution in [0.3, 0.4) is 0 Å². The monoisotopic (exact) mass is 462 g/mol. The summed E-state index contributed by atoms with van der Waals surface area (Å²) < 4.78 is 10.4. The molecule has 3 N–H and O–H groups in total. The van der Waals surface area contributed by atoms with Crippen LogP contribution in [-0.2, 0) is 40.3 Å². The first kappa shape index (κ1) is 23.6. The highest BCUT2D eigenvalue weighted by Gasteiger charge is 2.17. The third kappa shape index (κ3) is 6.69. The highest BCUT2D eigenvalue weighted by Crippen LogP contribution is 2.29. The predicted molar refractivity (Wildman–Crippen MR) is 117 cm³/mol. The number of carboxylic acid groups (broad SMARTS) is 2. The zero-order valence-electron chi connectivity index (χ0n) is 17.8. The van der Waals surface area contributed by atoms with E-state index < -0.39 is 25.2 Å². The standard InChI is InChI=1S/C22H26N2O7S/c1-14(25)24(11-17-9-16-10-23-6-4-20(16)32-17)7-5-15-2-3-18(30-12-21(26)27)19(8-15)31-13-22(28)29/h2-3,8-9,23H,4-7,10-13H2,1H3,(H,26,27)(H,28,29). The lowest BCUT2D eigenvalue weighted by atomic mass is 10.1. The van der Waals surface area contributed by atoms with Crippen LogP contribution in [-0.4, -0.2) is 59.3 Å². The summed E-state index contributed by atoms with van der Waals surface area (Å²) in [6, 6.07) is 7.08. The van der Waals surface area contributed by atoms with Crippen LogP contribution < -0.4 is 14.8 Å². The number of ether oxygens (including phenoxy) is 2. The number of rotatable bonds is 11. The van der Waals surface area contributed by atoms with Crippen molar-refractivity contribution in [3.8, 4) is 11.5 Å². The van der Waals surface area contributed by atoms with E-state index in [1.807, 2.05) is 0 Å². The Morgan fingerprint density at radius 1 is 1.09 bits per heavy atom. The summed E-state index contributed by atoms with van der Waals surface area (Å²) in [5.41, 5.74) is 2.12. The van der Waals surface area contributed by atoms with Gasteiger partial charge in [-0.2, -0.15) is 0 Å². The number of carbonyl (C=O) groups is 3. The van der Waals surface area contributed by atoms with E-state index >= 15 is 0 Å². The van der Waals surface area contributed by atoms with Gasteiger partial charge in [-0.05, 0) is 42.2 Å². The first-order chi connectivity index (χ1) is 15.3. The minimum absolute atomic E-state index is 0.0294. The molecule has 0 saturated carbocycles. The number of fused-ring (bicyclic) bond motifs is 1. The zero-order valence-corrected chi connectivity index (χ0v) is 18.6. The van der Waals surface area contributed by atoms with Gasteiger partial charge in [0.25, 0.3) is 0 Å². The Bertz CT molecular complexity index is 965. The first-order valence-corrected chi connectivity index (χ1v) is 11.0. The number of hydrogen-bond acceptors (Lipinski definition) is 7. The summed E-state index contributed by atoms with van der Waals surface area (Å²) in [7, 11) is 0. The number of amides is 1. The number of aliphatic carboxylic acids is 2. The molecular weight excluding hydrogens is 436 g/mol. The van der Waals surface area contributed by atoms with Crippen LogP contribution in [0.25, 0.3) is 0 Å². The fourth-order valence-electron chi connectivity index (χ4n) is 3.41. The molecule has 1 aromatic carbocycles. The number of benzene rings is 1. The van der Waals surface area contributed by atoms with E-state index in [9.17, 15) is 14.4 Å². The Morgan fingerprint density at radius 2 is 1.81 bits per heavy atom. The molecule has 0 spiro atoms. The average molecular weight is 463 g/mol. The SMILES string of the molecule is CC(=O)N(CCc1ccc(OCC(=O)O)c(OCC(=O)O)c1)Cc1cc2c(s1)CCNC2. The molecule has 0 bridgehead atoms. The van der Waals surface area contributed by atoms with E-state index in [2.05, 4.69) is 11.4 Å². The third-order valence-electron chi connectivity index (χ3n) is 4.96. The Balaban J connectivity index is 1.67. The second-order valence-corrected chi connectivity index (χ2v) is 8.65. The summed E-state index contributed by atoms with van der Waals surface area (Å²) in [5.74, 6) is -2.03. The lowest BCUT2D eigenvalue weighted by Crippen LogP contribution is -2.30. The van der Waals surface area contributed by atoms with Crippen molar-refractivity contribution in [3.63, 3.8) is 0 Å². The van der Waals surface area contributed by atoms with Gasteiger partial charge in [0.1, 0.15) is 0 Å². The molecule has 1 aromatic heterocycles. The molecule has 10 heteroatoms. The van der Waals surface area contributed by atoms with Crippen LogP contribution in [0, 0.1) is 0 Å². The largest absolute Gasteiger partial charge is 0.479 e. The lowest BCUT2D eigenvalue weighted by molar-refractivity contribution is -0.140. The molecule has 2 aromatic rings. The van der Waals surface area contributed by atoms with Crippen molar-refractivity contribution >= 4 is 29.2 Å². The van der Waals surface area contributed by atoms with Crippen molar-refractivity contribution in [2.24, 2.45) is 0 Å². The second-order valence-electron chi connectivity index (χ2n) is 7.42. The highest BCUT2D eigenvalue weighted by atomic mass is 32.1. The van der Waals surface area contributed by atoms with Crippen molar-refractivity contribution in [2.45, 2.75) is 32.9 Å². The third-order valence-corrected chi connectivity index (χ3v) is 6.19. The zero-order chi connectivity index (χ0) is 23.1. The van der Waals surface area contributed by atoms with Gasteiger partial charge in [0.2, 0.25) is 5.91 Å². The molecule has 1 aliphatic rings. The van der Waals surface area contributed by atoms with E-state index in [0.29, 0.717) is 19.5 Å². The lowest BCUT2D eigenvalue weighted by Gasteiger charge is -2.21. The molecular formula is C22H26N2O7S. The second kappa shape index (κ2) is 11.0. The van der Waals surface area contributed by atoms with Gasteiger partial charge in [-0.3, -0.25) is 4.79 Å². The molecule has 9 nitrogen and oxygen atoms in total. The van der Waals surface area contributed by atoms with Gasteiger partial charge in [0.05, 0.1) is 6.54 Å². The molecule has 172 valence electrons. The van der Waals surface area contributed by atoms with Gasteiger partial charge >= 0.3 is 11.9 Å². The molecule has 0 aliphatic carbocycles. The fraction of sp³-hybridized carbons (Fsp3) is 0.409. The summed E-state index contributed by atoms with van der Waals surface area (Å²) >= 11 is 1.75. The van der Waals surface area contributed by atoms with Gasteiger partial charge in [0, 0.05) is 36.3 Å². The molecule has 1 amide bonds. The van der Waals surface area contributed by atoms with E-state index in [4.69, 9.17) is 19.7 Å². The van der Waals surface area contributed by atoms with Gasteiger partial charge < -0.3 is 29.9 Å². The topological polar surface area (TPSA) is 125 Å². The number of nitrogens with one attached hydrogen (secondary N) is 1. The Morgan fingerprint density at radius 3 is 2.47 bits per heavy atom. The number of carboxylic acids is 2. The molecule has 0 fully saturated rings. The number of thiophene rings is 1. The van der Waals surface area contributed by atoms with E-state index in [0.717, 1.165) is 30.0 Å². The molecule has 32 heavy (non-hydrogen) atoms. The Hall–Kier alpha value is -3.11. The summed E-state index contributed by atoms with van der Waals surface area (Å²) in [4.78, 5) is 38.1. The van der Waals surface area contributed by atoms with Crippen molar-refractivity contribution in [3.05, 3.63) is 45.1 Å². The van der Waals surface area contributed by atoms with Crippen molar-refractivity contribution < 1.29 is 34.1 Å². The van der Waals surface area contributed by atoms with E-state index in [1.165, 1.54) is 10.4 Å². The molecule has 1 aliphatic heterocycles. The molecule has 0 radical (unpaired) electrons. The van der Waals surface area contributed by atoms with Crippen LogP contribution in [0.5, 0.6) is 11.5 Å². The maximum Gasteiger partial charge on any atom is 0.341 e.